The Morgan fingerprint density at radius 2 is 0.471 bits per heavy atom. The maximum atomic E-state index is 13.1. The number of hydrogen-bond donors (Lipinski definition) is 3. The number of unbranched alkanes of at least 4 members (excludes halogenated alkanes) is 45. The minimum Gasteiger partial charge on any atom is -0.462 e. The molecule has 0 aliphatic rings. The van der Waals surface area contributed by atoms with Gasteiger partial charge in [0.25, 0.3) is 0 Å². The number of aliphatic hydroxyl groups excluding tert-OH is 1. The lowest BCUT2D eigenvalue weighted by atomic mass is 9.99. The molecular formula is C83H162O17P2. The topological polar surface area (TPSA) is 237 Å². The molecule has 606 valence electrons. The van der Waals surface area contributed by atoms with Gasteiger partial charge in [0.2, 0.25) is 0 Å². The van der Waals surface area contributed by atoms with Crippen molar-refractivity contribution in [3.63, 3.8) is 0 Å². The molecule has 0 amide bonds. The van der Waals surface area contributed by atoms with E-state index in [1.807, 2.05) is 0 Å². The highest BCUT2D eigenvalue weighted by Gasteiger charge is 2.30. The predicted molar refractivity (Wildman–Crippen MR) is 418 cm³/mol. The van der Waals surface area contributed by atoms with Crippen LogP contribution in [0.15, 0.2) is 0 Å². The second-order valence-corrected chi connectivity index (χ2v) is 34.4. The summed E-state index contributed by atoms with van der Waals surface area (Å²) in [5.74, 6) is 1.04. The number of carbonyl (C=O) groups excluding carboxylic acids is 4. The minimum absolute atomic E-state index is 0.106. The lowest BCUT2D eigenvalue weighted by Crippen LogP contribution is -2.30. The average molecular weight is 1490 g/mol. The summed E-state index contributed by atoms with van der Waals surface area (Å²) in [7, 11) is -9.93. The van der Waals surface area contributed by atoms with Crippen molar-refractivity contribution in [3.05, 3.63) is 0 Å². The van der Waals surface area contributed by atoms with Crippen LogP contribution in [0, 0.1) is 23.7 Å². The van der Waals surface area contributed by atoms with Gasteiger partial charge in [-0.1, -0.05) is 376 Å². The molecular weight excluding hydrogens is 1330 g/mol. The van der Waals surface area contributed by atoms with Crippen molar-refractivity contribution in [3.8, 4) is 0 Å². The summed E-state index contributed by atoms with van der Waals surface area (Å²) in [4.78, 5) is 73.1. The monoisotopic (exact) mass is 1490 g/mol. The number of ether oxygens (including phenoxy) is 4. The maximum absolute atomic E-state index is 13.1. The van der Waals surface area contributed by atoms with E-state index in [0.29, 0.717) is 25.7 Å². The number of phosphoric ester groups is 2. The van der Waals surface area contributed by atoms with Crippen molar-refractivity contribution in [2.45, 2.75) is 446 Å². The molecule has 0 bridgehead atoms. The van der Waals surface area contributed by atoms with Crippen molar-refractivity contribution >= 4 is 39.5 Å². The summed E-state index contributed by atoms with van der Waals surface area (Å²) >= 11 is 0. The number of aliphatic hydroxyl groups is 1. The molecule has 0 aromatic carbocycles. The first-order valence-electron chi connectivity index (χ1n) is 42.7. The number of hydrogen-bond acceptors (Lipinski definition) is 15. The van der Waals surface area contributed by atoms with E-state index >= 15 is 0 Å². The van der Waals surface area contributed by atoms with E-state index in [2.05, 4.69) is 55.4 Å². The van der Waals surface area contributed by atoms with E-state index in [1.54, 1.807) is 0 Å². The van der Waals surface area contributed by atoms with Gasteiger partial charge in [0.05, 0.1) is 26.4 Å². The van der Waals surface area contributed by atoms with Crippen LogP contribution in [0.4, 0.5) is 0 Å². The van der Waals surface area contributed by atoms with Crippen molar-refractivity contribution in [2.75, 3.05) is 39.6 Å². The smallest absolute Gasteiger partial charge is 0.462 e. The second kappa shape index (κ2) is 72.0. The van der Waals surface area contributed by atoms with Gasteiger partial charge in [-0.2, -0.15) is 0 Å². The van der Waals surface area contributed by atoms with E-state index in [4.69, 9.17) is 37.0 Å². The van der Waals surface area contributed by atoms with Gasteiger partial charge in [0.15, 0.2) is 12.2 Å². The summed E-state index contributed by atoms with van der Waals surface area (Å²) in [6, 6.07) is 0. The van der Waals surface area contributed by atoms with Crippen LogP contribution in [0.2, 0.25) is 0 Å². The first kappa shape index (κ1) is 100. The summed E-state index contributed by atoms with van der Waals surface area (Å²) in [5, 5.41) is 10.7. The lowest BCUT2D eigenvalue weighted by Gasteiger charge is -2.21. The van der Waals surface area contributed by atoms with E-state index < -0.39 is 97.5 Å². The summed E-state index contributed by atoms with van der Waals surface area (Å²) < 4.78 is 68.8. The molecule has 0 aliphatic heterocycles. The molecule has 0 aliphatic carbocycles. The Hall–Kier alpha value is -1.94. The van der Waals surface area contributed by atoms with E-state index in [0.717, 1.165) is 114 Å². The maximum Gasteiger partial charge on any atom is 0.472 e. The molecule has 0 aromatic heterocycles. The summed E-state index contributed by atoms with van der Waals surface area (Å²) in [5.41, 5.74) is 0. The summed E-state index contributed by atoms with van der Waals surface area (Å²) in [6.45, 7) is 14.3. The normalized spacial score (nSPS) is 14.3. The van der Waals surface area contributed by atoms with Crippen LogP contribution >= 0.6 is 15.6 Å². The second-order valence-electron chi connectivity index (χ2n) is 31.5. The van der Waals surface area contributed by atoms with Gasteiger partial charge in [-0.25, -0.2) is 9.13 Å². The van der Waals surface area contributed by atoms with Crippen molar-refractivity contribution in [1.29, 1.82) is 0 Å². The highest BCUT2D eigenvalue weighted by Crippen LogP contribution is 2.45. The molecule has 0 spiro atoms. The number of esters is 4. The number of carbonyl (C=O) groups is 4. The quantitative estimate of drug-likeness (QED) is 0.0222. The molecule has 102 heavy (non-hydrogen) atoms. The van der Waals surface area contributed by atoms with Gasteiger partial charge in [0.1, 0.15) is 19.3 Å². The SMILES string of the molecule is CCC(C)CCCCCCCCCCCCCCCCC(=O)OC[C@H](COP(=O)(O)OC[C@@H](O)COP(=O)(O)OC[C@@H](COC(=O)CCCCCCCCCCC(C)C)OC(=O)CCCCCCCCCCCCCC(C)C)OC(=O)CCCCCCCCCCCCCCCCCCC(C)C. The van der Waals surface area contributed by atoms with Crippen molar-refractivity contribution < 1.29 is 80.2 Å². The van der Waals surface area contributed by atoms with Gasteiger partial charge < -0.3 is 33.8 Å². The van der Waals surface area contributed by atoms with Crippen LogP contribution in [0.5, 0.6) is 0 Å². The Balaban J connectivity index is 5.26. The van der Waals surface area contributed by atoms with Gasteiger partial charge in [-0.15, -0.1) is 0 Å². The highest BCUT2D eigenvalue weighted by atomic mass is 31.2. The third-order valence-corrected chi connectivity index (χ3v) is 21.6. The number of phosphoric acid groups is 2. The molecule has 3 N–H and O–H groups in total. The fourth-order valence-corrected chi connectivity index (χ4v) is 14.3. The van der Waals surface area contributed by atoms with Crippen LogP contribution < -0.4 is 0 Å². The zero-order chi connectivity index (χ0) is 75.3. The standard InChI is InChI=1S/C83H162O17P2/c1-9-76(8)62-54-46-38-29-23-17-14-15-18-24-30-39-47-55-63-80(85)93-69-78(99-82(87)65-57-49-41-31-25-19-13-11-10-12-16-21-27-35-43-51-59-73(2)3)71-97-101(89,90)95-67-77(84)68-96-102(91,92)98-72-79(70-94-81(86)64-56-48-40-34-33-37-45-53-61-75(6)7)100-83(88)66-58-50-42-32-26-20-22-28-36-44-52-60-74(4)5/h73-79,84H,9-72H2,1-8H3,(H,89,90)(H,91,92)/t76?,77-,78-,79-/m1/s1. The molecule has 0 aromatic rings. The largest absolute Gasteiger partial charge is 0.472 e. The summed E-state index contributed by atoms with van der Waals surface area (Å²) in [6.07, 6.45) is 59.6. The number of rotatable bonds is 80. The Labute approximate surface area is 626 Å². The minimum atomic E-state index is -4.96. The Morgan fingerprint density at radius 3 is 0.696 bits per heavy atom. The van der Waals surface area contributed by atoms with E-state index in [-0.39, 0.29) is 25.7 Å². The van der Waals surface area contributed by atoms with Gasteiger partial charge in [0, 0.05) is 25.7 Å². The zero-order valence-corrected chi connectivity index (χ0v) is 69.0. The fraction of sp³-hybridized carbons (Fsp3) is 0.952. The van der Waals surface area contributed by atoms with Gasteiger partial charge >= 0.3 is 39.5 Å². The third-order valence-electron chi connectivity index (χ3n) is 19.7. The molecule has 17 nitrogen and oxygen atoms in total. The average Bonchev–Trinajstić information content (AvgIpc) is 0.905. The Kier molecular flexibility index (Phi) is 70.6. The Bertz CT molecular complexity index is 1990. The van der Waals surface area contributed by atoms with Crippen LogP contribution in [-0.2, 0) is 65.4 Å². The van der Waals surface area contributed by atoms with Crippen molar-refractivity contribution in [2.24, 2.45) is 23.7 Å². The van der Waals surface area contributed by atoms with Crippen molar-refractivity contribution in [1.82, 2.24) is 0 Å². The van der Waals surface area contributed by atoms with Crippen LogP contribution in [0.25, 0.3) is 0 Å². The molecule has 19 heteroatoms. The van der Waals surface area contributed by atoms with Crippen LogP contribution in [0.3, 0.4) is 0 Å². The first-order chi connectivity index (χ1) is 49.1. The highest BCUT2D eigenvalue weighted by molar-refractivity contribution is 7.47. The van der Waals surface area contributed by atoms with E-state index in [1.165, 1.54) is 231 Å². The fourth-order valence-electron chi connectivity index (χ4n) is 12.8. The molecule has 0 heterocycles. The van der Waals surface area contributed by atoms with E-state index in [9.17, 15) is 43.2 Å². The predicted octanol–water partition coefficient (Wildman–Crippen LogP) is 24.8. The first-order valence-corrected chi connectivity index (χ1v) is 45.7. The van der Waals surface area contributed by atoms with Gasteiger partial charge in [-0.3, -0.25) is 37.3 Å². The molecule has 0 saturated carbocycles. The van der Waals surface area contributed by atoms with Crippen LogP contribution in [-0.4, -0.2) is 96.7 Å². The molecule has 0 fully saturated rings. The Morgan fingerprint density at radius 1 is 0.275 bits per heavy atom. The van der Waals surface area contributed by atoms with Crippen LogP contribution in [0.1, 0.15) is 428 Å². The molecule has 0 radical (unpaired) electrons. The molecule has 0 rings (SSSR count). The molecule has 6 atom stereocenters. The molecule has 3 unspecified atom stereocenters. The third kappa shape index (κ3) is 74.9. The van der Waals surface area contributed by atoms with Gasteiger partial charge in [-0.05, 0) is 49.4 Å². The lowest BCUT2D eigenvalue weighted by molar-refractivity contribution is -0.161. The molecule has 0 saturated heterocycles. The zero-order valence-electron chi connectivity index (χ0n) is 67.2.